The number of imidazole rings is 1. The van der Waals surface area contributed by atoms with Crippen LogP contribution in [-0.2, 0) is 22.7 Å². The van der Waals surface area contributed by atoms with Crippen molar-refractivity contribution in [2.45, 2.75) is 18.0 Å². The minimum Gasteiger partial charge on any atom is -0.350 e. The Bertz CT molecular complexity index is 988. The third-order valence-corrected chi connectivity index (χ3v) is 5.56. The number of fused-ring (bicyclic) bond motifs is 1. The molecule has 0 saturated heterocycles. The quantitative estimate of drug-likeness (QED) is 0.700. The molecule has 0 saturated carbocycles. The zero-order chi connectivity index (χ0) is 19.3. The maximum absolute atomic E-state index is 12.5. The molecular weight excluding hydrogens is 372 g/mol. The second kappa shape index (κ2) is 8.31. The van der Waals surface area contributed by atoms with Gasteiger partial charge in [0.15, 0.2) is 0 Å². The standard InChI is InChI=1S/C21H20N4O2S/c26-20(13-25-18-6-1-2-7-19(18)28-14-21(25)27)23-11-16-4-3-5-17(10-16)12-24-9-8-22-15-24/h1-10,15H,11-14H2,(H,23,26). The largest absolute Gasteiger partial charge is 0.350 e. The first-order valence-electron chi connectivity index (χ1n) is 9.01. The fourth-order valence-corrected chi connectivity index (χ4v) is 4.09. The molecule has 6 nitrogen and oxygen atoms in total. The predicted molar refractivity (Wildman–Crippen MR) is 109 cm³/mol. The van der Waals surface area contributed by atoms with E-state index in [1.165, 1.54) is 11.8 Å². The van der Waals surface area contributed by atoms with Gasteiger partial charge in [-0.2, -0.15) is 0 Å². The van der Waals surface area contributed by atoms with Crippen LogP contribution >= 0.6 is 11.8 Å². The normalized spacial score (nSPS) is 13.3. The second-order valence-electron chi connectivity index (χ2n) is 6.57. The lowest BCUT2D eigenvalue weighted by molar-refractivity contribution is -0.123. The van der Waals surface area contributed by atoms with Crippen molar-refractivity contribution in [3.63, 3.8) is 0 Å². The van der Waals surface area contributed by atoms with E-state index >= 15 is 0 Å². The molecule has 2 amide bonds. The number of carbonyl (C=O) groups excluding carboxylic acids is 2. The Morgan fingerprint density at radius 3 is 2.86 bits per heavy atom. The van der Waals surface area contributed by atoms with Crippen molar-refractivity contribution in [3.05, 3.63) is 78.4 Å². The molecule has 3 aromatic rings. The van der Waals surface area contributed by atoms with Gasteiger partial charge in [0.25, 0.3) is 0 Å². The van der Waals surface area contributed by atoms with Crippen LogP contribution in [-0.4, -0.2) is 33.7 Å². The molecule has 1 aliphatic heterocycles. The number of nitrogens with one attached hydrogen (secondary N) is 1. The fraction of sp³-hybridized carbons (Fsp3) is 0.190. The number of para-hydroxylation sites is 1. The first-order valence-corrected chi connectivity index (χ1v) is 10.00. The maximum atomic E-state index is 12.5. The Hall–Kier alpha value is -3.06. The molecular formula is C21H20N4O2S. The highest BCUT2D eigenvalue weighted by Crippen LogP contribution is 2.34. The van der Waals surface area contributed by atoms with Gasteiger partial charge >= 0.3 is 0 Å². The van der Waals surface area contributed by atoms with Gasteiger partial charge in [0, 0.05) is 30.4 Å². The summed E-state index contributed by atoms with van der Waals surface area (Å²) in [7, 11) is 0. The van der Waals surface area contributed by atoms with Crippen molar-refractivity contribution in [2.75, 3.05) is 17.2 Å². The van der Waals surface area contributed by atoms with Crippen molar-refractivity contribution in [1.29, 1.82) is 0 Å². The van der Waals surface area contributed by atoms with Crippen LogP contribution in [0, 0.1) is 0 Å². The molecule has 0 spiro atoms. The van der Waals surface area contributed by atoms with Gasteiger partial charge in [0.05, 0.1) is 17.8 Å². The van der Waals surface area contributed by atoms with E-state index in [9.17, 15) is 9.59 Å². The van der Waals surface area contributed by atoms with Crippen molar-refractivity contribution < 1.29 is 9.59 Å². The topological polar surface area (TPSA) is 67.2 Å². The first kappa shape index (κ1) is 18.3. The third-order valence-electron chi connectivity index (χ3n) is 4.52. The Morgan fingerprint density at radius 2 is 2.00 bits per heavy atom. The lowest BCUT2D eigenvalue weighted by Gasteiger charge is -2.28. The molecule has 2 aromatic carbocycles. The van der Waals surface area contributed by atoms with Crippen LogP contribution in [0.3, 0.4) is 0 Å². The number of aromatic nitrogens is 2. The number of hydrogen-bond acceptors (Lipinski definition) is 4. The molecule has 142 valence electrons. The van der Waals surface area contributed by atoms with Crippen molar-refractivity contribution in [2.24, 2.45) is 0 Å². The van der Waals surface area contributed by atoms with Gasteiger partial charge in [-0.1, -0.05) is 36.4 Å². The number of carbonyl (C=O) groups is 2. The van der Waals surface area contributed by atoms with Gasteiger partial charge in [0.2, 0.25) is 11.8 Å². The minimum atomic E-state index is -0.171. The average molecular weight is 392 g/mol. The van der Waals surface area contributed by atoms with E-state index in [0.29, 0.717) is 12.3 Å². The van der Waals surface area contributed by atoms with Gasteiger partial charge in [-0.25, -0.2) is 4.98 Å². The lowest BCUT2D eigenvalue weighted by atomic mass is 10.1. The van der Waals surface area contributed by atoms with Gasteiger partial charge in [-0.3, -0.25) is 9.59 Å². The first-order chi connectivity index (χ1) is 13.7. The number of amides is 2. The average Bonchev–Trinajstić information content (AvgIpc) is 3.22. The summed E-state index contributed by atoms with van der Waals surface area (Å²) in [5.74, 6) is 0.150. The molecule has 0 atom stereocenters. The zero-order valence-corrected chi connectivity index (χ0v) is 16.1. The molecule has 1 aromatic heterocycles. The van der Waals surface area contributed by atoms with Gasteiger partial charge in [-0.05, 0) is 23.3 Å². The van der Waals surface area contributed by atoms with Crippen LogP contribution in [0.25, 0.3) is 0 Å². The van der Waals surface area contributed by atoms with E-state index in [0.717, 1.165) is 28.3 Å². The SMILES string of the molecule is O=C(CN1C(=O)CSc2ccccc21)NCc1cccc(Cn2ccnc2)c1. The summed E-state index contributed by atoms with van der Waals surface area (Å²) < 4.78 is 2.00. The molecule has 1 aliphatic rings. The number of nitrogens with zero attached hydrogens (tertiary/aromatic N) is 3. The van der Waals surface area contributed by atoms with Crippen molar-refractivity contribution >= 4 is 29.3 Å². The maximum Gasteiger partial charge on any atom is 0.240 e. The smallest absolute Gasteiger partial charge is 0.240 e. The van der Waals surface area contributed by atoms with Crippen molar-refractivity contribution in [3.8, 4) is 0 Å². The second-order valence-corrected chi connectivity index (χ2v) is 7.59. The Morgan fingerprint density at radius 1 is 1.14 bits per heavy atom. The number of benzene rings is 2. The van der Waals surface area contributed by atoms with Gasteiger partial charge in [-0.15, -0.1) is 11.8 Å². The molecule has 2 heterocycles. The van der Waals surface area contributed by atoms with E-state index in [4.69, 9.17) is 0 Å². The highest BCUT2D eigenvalue weighted by molar-refractivity contribution is 8.00. The van der Waals surface area contributed by atoms with Crippen LogP contribution in [0.15, 0.2) is 72.1 Å². The molecule has 28 heavy (non-hydrogen) atoms. The van der Waals surface area contributed by atoms with Crippen LogP contribution in [0.5, 0.6) is 0 Å². The monoisotopic (exact) mass is 392 g/mol. The molecule has 1 N–H and O–H groups in total. The molecule has 4 rings (SSSR count). The molecule has 0 radical (unpaired) electrons. The number of anilines is 1. The summed E-state index contributed by atoms with van der Waals surface area (Å²) in [6.07, 6.45) is 5.45. The van der Waals surface area contributed by atoms with Crippen LogP contribution in [0.2, 0.25) is 0 Å². The molecule has 7 heteroatoms. The summed E-state index contributed by atoms with van der Waals surface area (Å²) >= 11 is 1.51. The Kier molecular flexibility index (Phi) is 5.43. The van der Waals surface area contributed by atoms with Crippen LogP contribution < -0.4 is 10.2 Å². The van der Waals surface area contributed by atoms with E-state index in [2.05, 4.69) is 16.4 Å². The van der Waals surface area contributed by atoms with Crippen LogP contribution in [0.4, 0.5) is 5.69 Å². The highest BCUT2D eigenvalue weighted by atomic mass is 32.2. The summed E-state index contributed by atoms with van der Waals surface area (Å²) in [5, 5.41) is 2.92. The number of thioether (sulfide) groups is 1. The van der Waals surface area contributed by atoms with Crippen LogP contribution in [0.1, 0.15) is 11.1 Å². The summed E-state index contributed by atoms with van der Waals surface area (Å²) in [4.78, 5) is 31.4. The summed E-state index contributed by atoms with van der Waals surface area (Å²) in [6, 6.07) is 15.8. The van der Waals surface area contributed by atoms with E-state index in [1.807, 2.05) is 53.2 Å². The molecule has 0 bridgehead atoms. The van der Waals surface area contributed by atoms with Crippen molar-refractivity contribution in [1.82, 2.24) is 14.9 Å². The van der Waals surface area contributed by atoms with Gasteiger partial charge < -0.3 is 14.8 Å². The highest BCUT2D eigenvalue weighted by Gasteiger charge is 2.26. The predicted octanol–water partition coefficient (Wildman–Crippen LogP) is 2.69. The summed E-state index contributed by atoms with van der Waals surface area (Å²) in [5.41, 5.74) is 2.97. The van der Waals surface area contributed by atoms with E-state index in [1.54, 1.807) is 17.4 Å². The minimum absolute atomic E-state index is 0.0329. The fourth-order valence-electron chi connectivity index (χ4n) is 3.16. The molecule has 0 unspecified atom stereocenters. The number of rotatable bonds is 6. The van der Waals surface area contributed by atoms with E-state index < -0.39 is 0 Å². The Labute approximate surface area is 167 Å². The zero-order valence-electron chi connectivity index (χ0n) is 15.2. The lowest BCUT2D eigenvalue weighted by Crippen LogP contribution is -2.43. The molecule has 0 fully saturated rings. The van der Waals surface area contributed by atoms with Gasteiger partial charge in [0.1, 0.15) is 6.54 Å². The molecule has 0 aliphatic carbocycles. The Balaban J connectivity index is 1.37. The number of hydrogen-bond donors (Lipinski definition) is 1. The van der Waals surface area contributed by atoms with E-state index in [-0.39, 0.29) is 18.4 Å². The third kappa shape index (κ3) is 4.26. The summed E-state index contributed by atoms with van der Waals surface area (Å²) in [6.45, 7) is 1.19.